The highest BCUT2D eigenvalue weighted by Crippen LogP contribution is 2.34. The maximum absolute atomic E-state index is 13.5. The van der Waals surface area contributed by atoms with Gasteiger partial charge >= 0.3 is 0 Å². The first-order valence-electron chi connectivity index (χ1n) is 11.9. The molecule has 0 spiro atoms. The third kappa shape index (κ3) is 4.37. The van der Waals surface area contributed by atoms with Gasteiger partial charge in [-0.15, -0.1) is 0 Å². The Morgan fingerprint density at radius 3 is 2.73 bits per heavy atom. The molecule has 0 aliphatic carbocycles. The SMILES string of the molecule is CC(C)N1CCC(NC(=O)C2Cc3ccccc3N2Cc2ccc3c(N)ncnc3c2)CC1. The largest absolute Gasteiger partial charge is 0.383 e. The first-order valence-corrected chi connectivity index (χ1v) is 11.9. The van der Waals surface area contributed by atoms with Gasteiger partial charge in [0.05, 0.1) is 5.52 Å². The van der Waals surface area contributed by atoms with Crippen LogP contribution in [0.3, 0.4) is 0 Å². The molecule has 3 heterocycles. The zero-order valence-electron chi connectivity index (χ0n) is 19.4. The van der Waals surface area contributed by atoms with Crippen LogP contribution in [-0.4, -0.2) is 52.0 Å². The molecule has 2 aliphatic rings. The van der Waals surface area contributed by atoms with E-state index in [1.54, 1.807) is 0 Å². The Kier molecular flexibility index (Phi) is 5.89. The number of carbonyl (C=O) groups is 1. The molecule has 3 N–H and O–H groups in total. The van der Waals surface area contributed by atoms with Crippen molar-refractivity contribution in [2.24, 2.45) is 0 Å². The number of fused-ring (bicyclic) bond motifs is 2. The van der Waals surface area contributed by atoms with Crippen molar-refractivity contribution in [1.82, 2.24) is 20.2 Å². The molecule has 1 saturated heterocycles. The summed E-state index contributed by atoms with van der Waals surface area (Å²) in [5.41, 5.74) is 10.3. The number of hydrogen-bond donors (Lipinski definition) is 2. The second kappa shape index (κ2) is 8.98. The number of nitrogens with one attached hydrogen (secondary N) is 1. The maximum Gasteiger partial charge on any atom is 0.243 e. The standard InChI is InChI=1S/C26H32N6O/c1-17(2)31-11-9-20(10-12-31)30-26(33)24-14-19-5-3-4-6-23(19)32(24)15-18-7-8-21-22(13-18)28-16-29-25(21)27/h3-8,13,16-17,20,24H,9-12,14-15H2,1-2H3,(H,30,33)(H2,27,28,29). The van der Waals surface area contributed by atoms with Gasteiger partial charge in [0.2, 0.25) is 5.91 Å². The minimum atomic E-state index is -0.211. The number of nitrogens with two attached hydrogens (primary N) is 1. The number of para-hydroxylation sites is 1. The normalized spacial score (nSPS) is 19.2. The topological polar surface area (TPSA) is 87.4 Å². The fourth-order valence-corrected chi connectivity index (χ4v) is 5.16. The highest BCUT2D eigenvalue weighted by molar-refractivity contribution is 5.89. The molecule has 1 fully saturated rings. The third-order valence-electron chi connectivity index (χ3n) is 7.08. The Morgan fingerprint density at radius 1 is 1.15 bits per heavy atom. The maximum atomic E-state index is 13.5. The quantitative estimate of drug-likeness (QED) is 0.629. The molecule has 3 aromatic rings. The molecule has 2 aromatic carbocycles. The van der Waals surface area contributed by atoms with Gasteiger partial charge in [0.1, 0.15) is 18.2 Å². The average Bonchev–Trinajstić information content (AvgIpc) is 3.18. The predicted octanol–water partition coefficient (Wildman–Crippen LogP) is 3.13. The van der Waals surface area contributed by atoms with Gasteiger partial charge in [0.15, 0.2) is 0 Å². The van der Waals surface area contributed by atoms with E-state index in [1.165, 1.54) is 11.9 Å². The van der Waals surface area contributed by atoms with Crippen molar-refractivity contribution in [2.45, 2.75) is 57.8 Å². The van der Waals surface area contributed by atoms with E-state index in [0.717, 1.165) is 54.5 Å². The molecule has 0 radical (unpaired) electrons. The Bertz CT molecular complexity index is 1150. The molecule has 1 aromatic heterocycles. The molecule has 2 aliphatic heterocycles. The van der Waals surface area contributed by atoms with Crippen LogP contribution >= 0.6 is 0 Å². The van der Waals surface area contributed by atoms with Crippen LogP contribution in [0.1, 0.15) is 37.8 Å². The Labute approximate surface area is 195 Å². The van der Waals surface area contributed by atoms with Gasteiger partial charge in [0.25, 0.3) is 0 Å². The summed E-state index contributed by atoms with van der Waals surface area (Å²) in [7, 11) is 0. The Morgan fingerprint density at radius 2 is 1.94 bits per heavy atom. The van der Waals surface area contributed by atoms with Crippen molar-refractivity contribution < 1.29 is 4.79 Å². The molecule has 7 heteroatoms. The minimum Gasteiger partial charge on any atom is -0.383 e. The molecule has 1 unspecified atom stereocenters. The number of likely N-dealkylation sites (tertiary alicyclic amines) is 1. The smallest absolute Gasteiger partial charge is 0.243 e. The molecule has 0 bridgehead atoms. The second-order valence-corrected chi connectivity index (χ2v) is 9.50. The molecule has 7 nitrogen and oxygen atoms in total. The van der Waals surface area contributed by atoms with Gasteiger partial charge in [-0.25, -0.2) is 9.97 Å². The third-order valence-corrected chi connectivity index (χ3v) is 7.08. The number of aromatic nitrogens is 2. The second-order valence-electron chi connectivity index (χ2n) is 9.50. The highest BCUT2D eigenvalue weighted by atomic mass is 16.2. The Balaban J connectivity index is 1.34. The van der Waals surface area contributed by atoms with Crippen LogP contribution in [0.2, 0.25) is 0 Å². The van der Waals surface area contributed by atoms with Crippen LogP contribution in [0.25, 0.3) is 10.9 Å². The van der Waals surface area contributed by atoms with Crippen molar-refractivity contribution in [2.75, 3.05) is 23.7 Å². The molecule has 33 heavy (non-hydrogen) atoms. The van der Waals surface area contributed by atoms with Crippen molar-refractivity contribution in [3.8, 4) is 0 Å². The summed E-state index contributed by atoms with van der Waals surface area (Å²) in [6.45, 7) is 7.19. The number of anilines is 2. The van der Waals surface area contributed by atoms with Crippen molar-refractivity contribution in [3.05, 3.63) is 59.9 Å². The van der Waals surface area contributed by atoms with Crippen molar-refractivity contribution in [1.29, 1.82) is 0 Å². The first kappa shape index (κ1) is 21.6. The van der Waals surface area contributed by atoms with Crippen LogP contribution in [0, 0.1) is 0 Å². The molecule has 0 saturated carbocycles. The summed E-state index contributed by atoms with van der Waals surface area (Å²) in [4.78, 5) is 26.6. The molecular weight excluding hydrogens is 412 g/mol. The van der Waals surface area contributed by atoms with Gasteiger partial charge in [-0.1, -0.05) is 24.3 Å². The number of hydrogen-bond acceptors (Lipinski definition) is 6. The summed E-state index contributed by atoms with van der Waals surface area (Å²) >= 11 is 0. The Hall–Kier alpha value is -3.19. The molecule has 1 atom stereocenters. The lowest BCUT2D eigenvalue weighted by atomic mass is 10.0. The van der Waals surface area contributed by atoms with E-state index in [1.807, 2.05) is 18.2 Å². The summed E-state index contributed by atoms with van der Waals surface area (Å²) < 4.78 is 0. The lowest BCUT2D eigenvalue weighted by molar-refractivity contribution is -0.123. The van der Waals surface area contributed by atoms with Crippen LogP contribution < -0.4 is 16.0 Å². The number of amides is 1. The molecule has 5 rings (SSSR count). The summed E-state index contributed by atoms with van der Waals surface area (Å²) in [6, 6.07) is 15.0. The number of carbonyl (C=O) groups excluding carboxylic acids is 1. The monoisotopic (exact) mass is 444 g/mol. The summed E-state index contributed by atoms with van der Waals surface area (Å²) in [5.74, 6) is 0.611. The predicted molar refractivity (Wildman–Crippen MR) is 132 cm³/mol. The van der Waals surface area contributed by atoms with E-state index in [9.17, 15) is 4.79 Å². The fraction of sp³-hybridized carbons (Fsp3) is 0.423. The van der Waals surface area contributed by atoms with Gasteiger partial charge in [-0.2, -0.15) is 0 Å². The van der Waals surface area contributed by atoms with Gasteiger partial charge in [-0.3, -0.25) is 4.79 Å². The fourth-order valence-electron chi connectivity index (χ4n) is 5.16. The summed E-state index contributed by atoms with van der Waals surface area (Å²) in [5, 5.41) is 4.22. The van der Waals surface area contributed by atoms with E-state index < -0.39 is 0 Å². The van der Waals surface area contributed by atoms with Crippen molar-refractivity contribution >= 4 is 28.3 Å². The van der Waals surface area contributed by atoms with Crippen LogP contribution in [0.4, 0.5) is 11.5 Å². The van der Waals surface area contributed by atoms with E-state index in [2.05, 4.69) is 63.2 Å². The van der Waals surface area contributed by atoms with Crippen LogP contribution in [0.15, 0.2) is 48.8 Å². The van der Waals surface area contributed by atoms with Crippen molar-refractivity contribution in [3.63, 3.8) is 0 Å². The first-order chi connectivity index (χ1) is 16.0. The van der Waals surface area contributed by atoms with E-state index >= 15 is 0 Å². The van der Waals surface area contributed by atoms with Gasteiger partial charge in [-0.05, 0) is 56.0 Å². The molecular formula is C26H32N6O. The zero-order valence-corrected chi connectivity index (χ0v) is 19.4. The number of benzene rings is 2. The van der Waals surface area contributed by atoms with E-state index in [-0.39, 0.29) is 18.0 Å². The van der Waals surface area contributed by atoms with E-state index in [4.69, 9.17) is 5.73 Å². The number of nitrogens with zero attached hydrogens (tertiary/aromatic N) is 4. The van der Waals surface area contributed by atoms with Crippen LogP contribution in [0.5, 0.6) is 0 Å². The van der Waals surface area contributed by atoms with E-state index in [0.29, 0.717) is 18.4 Å². The summed E-state index contributed by atoms with van der Waals surface area (Å²) in [6.07, 6.45) is 4.24. The zero-order chi connectivity index (χ0) is 22.9. The lowest BCUT2D eigenvalue weighted by Gasteiger charge is -2.36. The lowest BCUT2D eigenvalue weighted by Crippen LogP contribution is -2.52. The minimum absolute atomic E-state index is 0.126. The number of piperidine rings is 1. The van der Waals surface area contributed by atoms with Gasteiger partial charge < -0.3 is 20.9 Å². The number of rotatable bonds is 5. The molecule has 172 valence electrons. The van der Waals surface area contributed by atoms with Gasteiger partial charge in [0, 0.05) is 49.2 Å². The number of nitrogen functional groups attached to an aromatic ring is 1. The molecule has 1 amide bonds. The van der Waals surface area contributed by atoms with Crippen LogP contribution in [-0.2, 0) is 17.8 Å². The average molecular weight is 445 g/mol. The highest BCUT2D eigenvalue weighted by Gasteiger charge is 2.35.